The number of fused-ring (bicyclic) bond motifs is 3. The molecular formula is C28H35N3O4. The normalized spacial score (nSPS) is 22.1. The van der Waals surface area contributed by atoms with Gasteiger partial charge in [0.1, 0.15) is 0 Å². The molecular weight excluding hydrogens is 442 g/mol. The van der Waals surface area contributed by atoms with Gasteiger partial charge in [-0.25, -0.2) is 0 Å². The number of hydrogen-bond donors (Lipinski definition) is 0. The van der Waals surface area contributed by atoms with Crippen LogP contribution in [0.5, 0.6) is 11.5 Å². The molecule has 3 heterocycles. The van der Waals surface area contributed by atoms with E-state index in [1.54, 1.807) is 0 Å². The van der Waals surface area contributed by atoms with Gasteiger partial charge in [-0.2, -0.15) is 0 Å². The minimum absolute atomic E-state index is 0.0567. The number of likely N-dealkylation sites (tertiary alicyclic amines) is 1. The maximum Gasteiger partial charge on any atom is 0.254 e. The summed E-state index contributed by atoms with van der Waals surface area (Å²) >= 11 is 0. The van der Waals surface area contributed by atoms with E-state index >= 15 is 0 Å². The molecule has 2 atom stereocenters. The lowest BCUT2D eigenvalue weighted by molar-refractivity contribution is 0.0303. The minimum Gasteiger partial charge on any atom is -0.490 e. The van der Waals surface area contributed by atoms with Gasteiger partial charge in [0, 0.05) is 42.2 Å². The van der Waals surface area contributed by atoms with Gasteiger partial charge in [-0.1, -0.05) is 12.1 Å². The fraction of sp³-hybridized carbons (Fsp3) is 0.500. The molecule has 0 aliphatic carbocycles. The number of carbonyl (C=O) groups excluding carboxylic acids is 1. The molecule has 2 fully saturated rings. The van der Waals surface area contributed by atoms with Crippen molar-refractivity contribution in [2.24, 2.45) is 4.99 Å². The van der Waals surface area contributed by atoms with Gasteiger partial charge < -0.3 is 24.0 Å². The largest absolute Gasteiger partial charge is 0.490 e. The van der Waals surface area contributed by atoms with E-state index in [1.807, 2.05) is 43.0 Å². The minimum atomic E-state index is 0.0567. The lowest BCUT2D eigenvalue weighted by Crippen LogP contribution is -2.42. The van der Waals surface area contributed by atoms with E-state index in [-0.39, 0.29) is 11.9 Å². The van der Waals surface area contributed by atoms with Crippen molar-refractivity contribution in [3.05, 3.63) is 58.7 Å². The molecule has 3 aliphatic heterocycles. The van der Waals surface area contributed by atoms with Gasteiger partial charge in [0.2, 0.25) is 0 Å². The zero-order valence-corrected chi connectivity index (χ0v) is 21.0. The van der Waals surface area contributed by atoms with Crippen LogP contribution in [0, 0.1) is 0 Å². The lowest BCUT2D eigenvalue weighted by Gasteiger charge is -2.39. The molecule has 7 nitrogen and oxygen atoms in total. The molecule has 1 amide bonds. The average molecular weight is 478 g/mol. The molecule has 2 aromatic carbocycles. The summed E-state index contributed by atoms with van der Waals surface area (Å²) in [4.78, 5) is 22.4. The number of carbonyl (C=O) groups is 1. The van der Waals surface area contributed by atoms with E-state index in [4.69, 9.17) is 19.2 Å². The number of likely N-dealkylation sites (N-methyl/N-ethyl adjacent to an activating group) is 1. The smallest absolute Gasteiger partial charge is 0.254 e. The predicted molar refractivity (Wildman–Crippen MR) is 136 cm³/mol. The summed E-state index contributed by atoms with van der Waals surface area (Å²) in [7, 11) is 2.18. The molecule has 0 bridgehead atoms. The third kappa shape index (κ3) is 4.80. The Hall–Kier alpha value is -2.90. The number of morpholine rings is 1. The first-order valence-corrected chi connectivity index (χ1v) is 12.8. The van der Waals surface area contributed by atoms with Crippen LogP contribution < -0.4 is 9.47 Å². The van der Waals surface area contributed by atoms with Crippen molar-refractivity contribution in [3.8, 4) is 11.5 Å². The van der Waals surface area contributed by atoms with Crippen molar-refractivity contribution in [2.75, 3.05) is 59.7 Å². The van der Waals surface area contributed by atoms with E-state index in [9.17, 15) is 4.79 Å². The SMILES string of the molecule is CCOc1cc2c(cc1OCC)C1CN(C)CCC1N=C2c1ccc(C(=O)N2CCOCC2)cc1. The molecule has 5 rings (SSSR count). The third-order valence-electron chi connectivity index (χ3n) is 7.15. The summed E-state index contributed by atoms with van der Waals surface area (Å²) in [6, 6.07) is 12.4. The Kier molecular flexibility index (Phi) is 7.07. The van der Waals surface area contributed by atoms with E-state index in [2.05, 4.69) is 24.1 Å². The second-order valence-electron chi connectivity index (χ2n) is 9.44. The van der Waals surface area contributed by atoms with E-state index in [1.165, 1.54) is 5.56 Å². The van der Waals surface area contributed by atoms with Crippen LogP contribution in [0.4, 0.5) is 0 Å². The van der Waals surface area contributed by atoms with Crippen molar-refractivity contribution >= 4 is 11.6 Å². The Labute approximate surface area is 207 Å². The van der Waals surface area contributed by atoms with E-state index < -0.39 is 0 Å². The lowest BCUT2D eigenvalue weighted by atomic mass is 9.79. The standard InChI is InChI=1S/C28H35N3O4/c1-4-34-25-16-21-22(17-26(25)35-5-2)27(29-24-10-11-30(3)18-23(21)24)19-6-8-20(9-7-19)28(32)31-12-14-33-15-13-31/h6-9,16-17,23-24H,4-5,10-15,18H2,1-3H3. The average Bonchev–Trinajstić information content (AvgIpc) is 2.89. The number of amides is 1. The maximum absolute atomic E-state index is 12.9. The molecule has 0 radical (unpaired) electrons. The fourth-order valence-electron chi connectivity index (χ4n) is 5.37. The molecule has 2 aromatic rings. The number of nitrogens with zero attached hydrogens (tertiary/aromatic N) is 3. The Bertz CT molecular complexity index is 1090. The van der Waals surface area contributed by atoms with Gasteiger partial charge in [0.25, 0.3) is 5.91 Å². The summed E-state index contributed by atoms with van der Waals surface area (Å²) in [6.07, 6.45) is 1.02. The highest BCUT2D eigenvalue weighted by atomic mass is 16.5. The molecule has 186 valence electrons. The van der Waals surface area contributed by atoms with Gasteiger partial charge in [0.15, 0.2) is 11.5 Å². The molecule has 0 spiro atoms. The fourth-order valence-corrected chi connectivity index (χ4v) is 5.37. The molecule has 0 N–H and O–H groups in total. The first-order valence-electron chi connectivity index (χ1n) is 12.8. The molecule has 35 heavy (non-hydrogen) atoms. The molecule has 0 saturated carbocycles. The van der Waals surface area contributed by atoms with Crippen LogP contribution in [0.3, 0.4) is 0 Å². The molecule has 2 unspecified atom stereocenters. The zero-order valence-electron chi connectivity index (χ0n) is 21.0. The summed E-state index contributed by atoms with van der Waals surface area (Å²) in [6.45, 7) is 9.63. The van der Waals surface area contributed by atoms with Gasteiger partial charge in [-0.15, -0.1) is 0 Å². The zero-order chi connectivity index (χ0) is 24.4. The van der Waals surface area contributed by atoms with Crippen molar-refractivity contribution in [3.63, 3.8) is 0 Å². The first-order chi connectivity index (χ1) is 17.1. The number of piperidine rings is 1. The van der Waals surface area contributed by atoms with Crippen LogP contribution in [0.1, 0.15) is 53.2 Å². The highest BCUT2D eigenvalue weighted by molar-refractivity contribution is 6.15. The highest BCUT2D eigenvalue weighted by Crippen LogP contribution is 2.42. The number of ether oxygens (including phenoxy) is 3. The molecule has 2 saturated heterocycles. The predicted octanol–water partition coefficient (Wildman–Crippen LogP) is 3.60. The van der Waals surface area contributed by atoms with Crippen molar-refractivity contribution in [2.45, 2.75) is 32.2 Å². The quantitative estimate of drug-likeness (QED) is 0.636. The first kappa shape index (κ1) is 23.8. The van der Waals surface area contributed by atoms with E-state index in [0.29, 0.717) is 51.0 Å². The van der Waals surface area contributed by atoms with Crippen molar-refractivity contribution < 1.29 is 19.0 Å². The summed E-state index contributed by atoms with van der Waals surface area (Å²) in [5.74, 6) is 1.93. The molecule has 3 aliphatic rings. The monoisotopic (exact) mass is 477 g/mol. The van der Waals surface area contributed by atoms with Gasteiger partial charge in [0.05, 0.1) is 38.2 Å². The van der Waals surface area contributed by atoms with Crippen molar-refractivity contribution in [1.29, 1.82) is 0 Å². The Morgan fingerprint density at radius 3 is 2.40 bits per heavy atom. The topological polar surface area (TPSA) is 63.6 Å². The van der Waals surface area contributed by atoms with Gasteiger partial charge in [-0.05, 0) is 63.7 Å². The van der Waals surface area contributed by atoms with Crippen LogP contribution in [-0.2, 0) is 4.74 Å². The number of benzene rings is 2. The van der Waals surface area contributed by atoms with Crippen LogP contribution >= 0.6 is 0 Å². The van der Waals surface area contributed by atoms with Crippen LogP contribution in [-0.4, -0.2) is 87.1 Å². The third-order valence-corrected chi connectivity index (χ3v) is 7.15. The van der Waals surface area contributed by atoms with Crippen molar-refractivity contribution in [1.82, 2.24) is 9.80 Å². The number of hydrogen-bond acceptors (Lipinski definition) is 6. The number of rotatable bonds is 6. The maximum atomic E-state index is 12.9. The van der Waals surface area contributed by atoms with Gasteiger partial charge in [-0.3, -0.25) is 9.79 Å². The van der Waals surface area contributed by atoms with Crippen LogP contribution in [0.15, 0.2) is 41.4 Å². The van der Waals surface area contributed by atoms with Crippen LogP contribution in [0.25, 0.3) is 0 Å². The second-order valence-corrected chi connectivity index (χ2v) is 9.44. The van der Waals surface area contributed by atoms with Gasteiger partial charge >= 0.3 is 0 Å². The molecule has 7 heteroatoms. The summed E-state index contributed by atoms with van der Waals surface area (Å²) in [5.41, 5.74) is 5.06. The Morgan fingerprint density at radius 1 is 1.03 bits per heavy atom. The summed E-state index contributed by atoms with van der Waals surface area (Å²) in [5, 5.41) is 0. The summed E-state index contributed by atoms with van der Waals surface area (Å²) < 4.78 is 17.3. The number of aliphatic imine (C=N–C) groups is 1. The molecule has 0 aromatic heterocycles. The van der Waals surface area contributed by atoms with E-state index in [0.717, 1.165) is 47.8 Å². The Morgan fingerprint density at radius 2 is 1.71 bits per heavy atom. The Balaban J connectivity index is 1.52. The second kappa shape index (κ2) is 10.4. The highest BCUT2D eigenvalue weighted by Gasteiger charge is 2.36. The van der Waals surface area contributed by atoms with Crippen LogP contribution in [0.2, 0.25) is 0 Å².